The molecule has 0 bridgehead atoms. The van der Waals surface area contributed by atoms with Crippen LogP contribution in [0.25, 0.3) is 0 Å². The molecule has 0 aromatic heterocycles. The third-order valence-electron chi connectivity index (χ3n) is 5.39. The highest BCUT2D eigenvalue weighted by Gasteiger charge is 2.32. The van der Waals surface area contributed by atoms with Gasteiger partial charge in [-0.25, -0.2) is 0 Å². The van der Waals surface area contributed by atoms with Crippen molar-refractivity contribution in [2.24, 2.45) is 11.8 Å². The highest BCUT2D eigenvalue weighted by Crippen LogP contribution is 2.22. The molecule has 0 spiro atoms. The number of carbonyl (C=O) groups excluding carboxylic acids is 1. The van der Waals surface area contributed by atoms with E-state index in [1.165, 1.54) is 6.42 Å². The maximum absolute atomic E-state index is 12.5. The highest BCUT2D eigenvalue weighted by molar-refractivity contribution is 5.97. The number of amides is 1. The molecule has 1 amide bonds. The van der Waals surface area contributed by atoms with E-state index in [2.05, 4.69) is 24.1 Å². The van der Waals surface area contributed by atoms with Gasteiger partial charge in [0.2, 0.25) is 0 Å². The molecule has 3 atom stereocenters. The predicted molar refractivity (Wildman–Crippen MR) is 110 cm³/mol. The number of benzene rings is 1. The van der Waals surface area contributed by atoms with Crippen LogP contribution in [0.5, 0.6) is 5.75 Å². The zero-order valence-electron chi connectivity index (χ0n) is 17.6. The summed E-state index contributed by atoms with van der Waals surface area (Å²) in [5.74, 6) is 2.24. The SMILES string of the molecule is CCC[C@](C)(OC)C(=O)Nc1ccc(OCCN2C[C@H](C)C[C@@H](C)C2)cc1. The van der Waals surface area contributed by atoms with Crippen LogP contribution in [-0.4, -0.2) is 49.8 Å². The Labute approximate surface area is 164 Å². The number of nitrogens with one attached hydrogen (secondary N) is 1. The molecule has 0 radical (unpaired) electrons. The van der Waals surface area contributed by atoms with Crippen molar-refractivity contribution >= 4 is 11.6 Å². The molecule has 0 aliphatic carbocycles. The number of piperidine rings is 1. The van der Waals surface area contributed by atoms with Gasteiger partial charge in [-0.3, -0.25) is 9.69 Å². The Kier molecular flexibility index (Phi) is 8.11. The lowest BCUT2D eigenvalue weighted by Gasteiger charge is -2.34. The number of hydrogen-bond donors (Lipinski definition) is 1. The van der Waals surface area contributed by atoms with Crippen molar-refractivity contribution in [1.82, 2.24) is 4.90 Å². The van der Waals surface area contributed by atoms with Crippen LogP contribution in [0.3, 0.4) is 0 Å². The van der Waals surface area contributed by atoms with Crippen LogP contribution in [0, 0.1) is 11.8 Å². The Morgan fingerprint density at radius 3 is 2.41 bits per heavy atom. The number of nitrogens with zero attached hydrogens (tertiary/aromatic N) is 1. The summed E-state index contributed by atoms with van der Waals surface area (Å²) >= 11 is 0. The van der Waals surface area contributed by atoms with Crippen molar-refractivity contribution in [1.29, 1.82) is 0 Å². The van der Waals surface area contributed by atoms with Crippen molar-refractivity contribution in [2.45, 2.75) is 52.6 Å². The summed E-state index contributed by atoms with van der Waals surface area (Å²) in [5.41, 5.74) is -0.0440. The maximum Gasteiger partial charge on any atom is 0.256 e. The monoisotopic (exact) mass is 376 g/mol. The van der Waals surface area contributed by atoms with E-state index in [-0.39, 0.29) is 5.91 Å². The fourth-order valence-electron chi connectivity index (χ4n) is 3.95. The van der Waals surface area contributed by atoms with Gasteiger partial charge < -0.3 is 14.8 Å². The molecule has 0 saturated carbocycles. The molecule has 1 aliphatic heterocycles. The third kappa shape index (κ3) is 6.51. The summed E-state index contributed by atoms with van der Waals surface area (Å²) in [4.78, 5) is 15.0. The molecule has 152 valence electrons. The Hall–Kier alpha value is -1.59. The highest BCUT2D eigenvalue weighted by atomic mass is 16.5. The second-order valence-corrected chi connectivity index (χ2v) is 8.22. The summed E-state index contributed by atoms with van der Waals surface area (Å²) in [6.45, 7) is 12.5. The number of methoxy groups -OCH3 is 1. The van der Waals surface area contributed by atoms with E-state index in [9.17, 15) is 4.79 Å². The summed E-state index contributed by atoms with van der Waals surface area (Å²) in [5, 5.41) is 2.94. The molecular weight excluding hydrogens is 340 g/mol. The molecule has 1 heterocycles. The maximum atomic E-state index is 12.5. The minimum atomic E-state index is -0.799. The van der Waals surface area contributed by atoms with E-state index in [0.29, 0.717) is 13.0 Å². The van der Waals surface area contributed by atoms with Crippen LogP contribution in [0.4, 0.5) is 5.69 Å². The van der Waals surface area contributed by atoms with Crippen LogP contribution in [0.15, 0.2) is 24.3 Å². The first-order chi connectivity index (χ1) is 12.9. The summed E-state index contributed by atoms with van der Waals surface area (Å²) in [6.07, 6.45) is 2.90. The molecule has 0 unspecified atom stereocenters. The molecule has 1 saturated heterocycles. The quantitative estimate of drug-likeness (QED) is 0.702. The lowest BCUT2D eigenvalue weighted by molar-refractivity contribution is -0.136. The molecule has 1 N–H and O–H groups in total. The van der Waals surface area contributed by atoms with Crippen LogP contribution in [0.2, 0.25) is 0 Å². The number of carbonyl (C=O) groups is 1. The van der Waals surface area contributed by atoms with Gasteiger partial charge in [0.25, 0.3) is 5.91 Å². The van der Waals surface area contributed by atoms with Gasteiger partial charge in [-0.15, -0.1) is 0 Å². The fourth-order valence-corrected chi connectivity index (χ4v) is 3.95. The van der Waals surface area contributed by atoms with Crippen molar-refractivity contribution in [3.8, 4) is 5.75 Å². The second-order valence-electron chi connectivity index (χ2n) is 8.22. The standard InChI is InChI=1S/C22H36N2O3/c1-6-11-22(4,26-5)21(25)23-19-7-9-20(10-8-19)27-13-12-24-15-17(2)14-18(3)16-24/h7-10,17-18H,6,11-16H2,1-5H3,(H,23,25)/t17-,18-,22+/m1/s1. The summed E-state index contributed by atoms with van der Waals surface area (Å²) < 4.78 is 11.3. The Morgan fingerprint density at radius 2 is 1.85 bits per heavy atom. The van der Waals surface area contributed by atoms with Gasteiger partial charge in [0.1, 0.15) is 18.0 Å². The largest absolute Gasteiger partial charge is 0.492 e. The van der Waals surface area contributed by atoms with Gasteiger partial charge in [-0.1, -0.05) is 27.2 Å². The summed E-state index contributed by atoms with van der Waals surface area (Å²) in [6, 6.07) is 7.56. The normalized spacial score (nSPS) is 22.9. The van der Waals surface area contributed by atoms with Crippen molar-refractivity contribution in [3.63, 3.8) is 0 Å². The van der Waals surface area contributed by atoms with E-state index in [0.717, 1.165) is 49.3 Å². The molecule has 5 nitrogen and oxygen atoms in total. The van der Waals surface area contributed by atoms with Gasteiger partial charge in [0.05, 0.1) is 0 Å². The lowest BCUT2D eigenvalue weighted by Crippen LogP contribution is -2.41. The van der Waals surface area contributed by atoms with Crippen molar-refractivity contribution in [3.05, 3.63) is 24.3 Å². The van der Waals surface area contributed by atoms with Crippen LogP contribution < -0.4 is 10.1 Å². The Morgan fingerprint density at radius 1 is 1.22 bits per heavy atom. The van der Waals surface area contributed by atoms with Crippen molar-refractivity contribution < 1.29 is 14.3 Å². The third-order valence-corrected chi connectivity index (χ3v) is 5.39. The summed E-state index contributed by atoms with van der Waals surface area (Å²) in [7, 11) is 1.58. The molecule has 5 heteroatoms. The number of hydrogen-bond acceptors (Lipinski definition) is 4. The lowest BCUT2D eigenvalue weighted by atomic mass is 9.92. The van der Waals surface area contributed by atoms with E-state index >= 15 is 0 Å². The number of ether oxygens (including phenoxy) is 2. The second kappa shape index (κ2) is 10.1. The van der Waals surface area contributed by atoms with Gasteiger partial charge in [-0.05, 0) is 55.9 Å². The average molecular weight is 377 g/mol. The first kappa shape index (κ1) is 21.7. The Bertz CT molecular complexity index is 580. The van der Waals surface area contributed by atoms with Gasteiger partial charge in [0, 0.05) is 32.4 Å². The first-order valence-electron chi connectivity index (χ1n) is 10.2. The topological polar surface area (TPSA) is 50.8 Å². The smallest absolute Gasteiger partial charge is 0.256 e. The first-order valence-corrected chi connectivity index (χ1v) is 10.2. The number of likely N-dealkylation sites (tertiary alicyclic amines) is 1. The minimum Gasteiger partial charge on any atom is -0.492 e. The van der Waals surface area contributed by atoms with Gasteiger partial charge >= 0.3 is 0 Å². The van der Waals surface area contributed by atoms with E-state index < -0.39 is 5.60 Å². The van der Waals surface area contributed by atoms with Gasteiger partial charge in [0.15, 0.2) is 0 Å². The molecule has 27 heavy (non-hydrogen) atoms. The molecule has 2 rings (SSSR count). The molecule has 1 fully saturated rings. The minimum absolute atomic E-state index is 0.117. The van der Waals surface area contributed by atoms with Gasteiger partial charge in [-0.2, -0.15) is 0 Å². The number of rotatable bonds is 9. The zero-order valence-corrected chi connectivity index (χ0v) is 17.6. The molecular formula is C22H36N2O3. The molecule has 1 aromatic rings. The zero-order chi connectivity index (χ0) is 19.9. The average Bonchev–Trinajstić information content (AvgIpc) is 2.62. The molecule has 1 aliphatic rings. The van der Waals surface area contributed by atoms with Crippen molar-refractivity contribution in [2.75, 3.05) is 38.7 Å². The van der Waals surface area contributed by atoms with Crippen LogP contribution in [-0.2, 0) is 9.53 Å². The predicted octanol–water partition coefficient (Wildman–Crippen LogP) is 4.19. The van der Waals surface area contributed by atoms with Crippen LogP contribution in [0.1, 0.15) is 47.0 Å². The molecule has 1 aromatic carbocycles. The van der Waals surface area contributed by atoms with E-state index in [1.54, 1.807) is 7.11 Å². The fraction of sp³-hybridized carbons (Fsp3) is 0.682. The number of anilines is 1. The van der Waals surface area contributed by atoms with E-state index in [1.807, 2.05) is 38.1 Å². The van der Waals surface area contributed by atoms with E-state index in [4.69, 9.17) is 9.47 Å². The van der Waals surface area contributed by atoms with Crippen LogP contribution >= 0.6 is 0 Å². The Balaban J connectivity index is 1.80.